The summed E-state index contributed by atoms with van der Waals surface area (Å²) >= 11 is 0. The van der Waals surface area contributed by atoms with Gasteiger partial charge in [0.15, 0.2) is 0 Å². The molecule has 4 rings (SSSR count). The number of carbonyl (C=O) groups is 1. The highest BCUT2D eigenvalue weighted by molar-refractivity contribution is 7.93. The number of sulfonamides is 1. The highest BCUT2D eigenvalue weighted by atomic mass is 32.2. The van der Waals surface area contributed by atoms with Crippen molar-refractivity contribution in [3.63, 3.8) is 0 Å². The molecule has 0 saturated carbocycles. The van der Waals surface area contributed by atoms with Crippen molar-refractivity contribution in [3.05, 3.63) is 53.7 Å². The highest BCUT2D eigenvalue weighted by Gasteiger charge is 2.29. The van der Waals surface area contributed by atoms with Crippen LogP contribution in [-0.4, -0.2) is 62.7 Å². The van der Waals surface area contributed by atoms with Gasteiger partial charge < -0.3 is 9.80 Å². The van der Waals surface area contributed by atoms with Crippen LogP contribution in [0, 0.1) is 11.3 Å². The molecule has 8 nitrogen and oxygen atoms in total. The van der Waals surface area contributed by atoms with E-state index in [1.807, 2.05) is 4.90 Å². The minimum absolute atomic E-state index is 0.121. The van der Waals surface area contributed by atoms with E-state index in [0.717, 1.165) is 0 Å². The molecule has 1 aromatic heterocycles. The van der Waals surface area contributed by atoms with Crippen molar-refractivity contribution in [2.75, 3.05) is 47.7 Å². The second-order valence-electron chi connectivity index (χ2n) is 7.06. The smallest absolute Gasteiger partial charge is 0.254 e. The van der Waals surface area contributed by atoms with Crippen LogP contribution in [0.25, 0.3) is 0 Å². The molecule has 0 bridgehead atoms. The molecule has 2 aliphatic rings. The quantitative estimate of drug-likeness (QED) is 0.758. The first kappa shape index (κ1) is 19.2. The van der Waals surface area contributed by atoms with Gasteiger partial charge in [-0.25, -0.2) is 13.4 Å². The van der Waals surface area contributed by atoms with Crippen LogP contribution in [0.2, 0.25) is 0 Å². The van der Waals surface area contributed by atoms with E-state index in [1.165, 1.54) is 4.31 Å². The first-order valence-corrected chi connectivity index (χ1v) is 11.1. The molecule has 0 unspecified atom stereocenters. The summed E-state index contributed by atoms with van der Waals surface area (Å²) < 4.78 is 25.7. The van der Waals surface area contributed by atoms with Gasteiger partial charge in [-0.2, -0.15) is 5.26 Å². The fraction of sp³-hybridized carbons (Fsp3) is 0.350. The normalized spacial score (nSPS) is 18.5. The molecule has 29 heavy (non-hydrogen) atoms. The van der Waals surface area contributed by atoms with E-state index < -0.39 is 10.0 Å². The van der Waals surface area contributed by atoms with Crippen LogP contribution in [0.4, 0.5) is 11.5 Å². The van der Waals surface area contributed by atoms with Crippen molar-refractivity contribution < 1.29 is 13.2 Å². The van der Waals surface area contributed by atoms with E-state index in [1.54, 1.807) is 47.5 Å². The number of nitrogens with zero attached hydrogens (tertiary/aromatic N) is 5. The number of anilines is 2. The van der Waals surface area contributed by atoms with Gasteiger partial charge >= 0.3 is 0 Å². The van der Waals surface area contributed by atoms with Gasteiger partial charge in [-0.3, -0.25) is 9.10 Å². The summed E-state index contributed by atoms with van der Waals surface area (Å²) in [7, 11) is -3.28. The highest BCUT2D eigenvalue weighted by Crippen LogP contribution is 2.25. The zero-order valence-electron chi connectivity index (χ0n) is 15.9. The van der Waals surface area contributed by atoms with Gasteiger partial charge in [0.25, 0.3) is 5.91 Å². The molecule has 9 heteroatoms. The van der Waals surface area contributed by atoms with Crippen molar-refractivity contribution in [1.29, 1.82) is 5.26 Å². The van der Waals surface area contributed by atoms with Gasteiger partial charge in [-0.15, -0.1) is 0 Å². The number of aromatic nitrogens is 1. The summed E-state index contributed by atoms with van der Waals surface area (Å²) in [5, 5.41) is 9.26. The van der Waals surface area contributed by atoms with Crippen LogP contribution in [0.15, 0.2) is 42.6 Å². The summed E-state index contributed by atoms with van der Waals surface area (Å²) in [5.41, 5.74) is 1.54. The standard InChI is InChI=1S/C20H21N5O3S/c21-15-17-5-2-7-22-19(17)23-9-11-24(12-10-23)20(26)16-4-1-6-18(14-16)25-8-3-13-29(25,27)28/h1-2,4-7,14H,3,8-13H2. The van der Waals surface area contributed by atoms with E-state index >= 15 is 0 Å². The molecule has 0 radical (unpaired) electrons. The van der Waals surface area contributed by atoms with Crippen LogP contribution < -0.4 is 9.21 Å². The van der Waals surface area contributed by atoms with Gasteiger partial charge in [0.05, 0.1) is 17.0 Å². The molecule has 1 aromatic carbocycles. The van der Waals surface area contributed by atoms with Crippen LogP contribution in [0.3, 0.4) is 0 Å². The molecule has 150 valence electrons. The van der Waals surface area contributed by atoms with E-state index in [-0.39, 0.29) is 11.7 Å². The monoisotopic (exact) mass is 411 g/mol. The minimum Gasteiger partial charge on any atom is -0.352 e. The Balaban J connectivity index is 1.47. The zero-order valence-corrected chi connectivity index (χ0v) is 16.7. The summed E-state index contributed by atoms with van der Waals surface area (Å²) in [4.78, 5) is 21.0. The molecule has 0 N–H and O–H groups in total. The Labute approximate surface area is 170 Å². The van der Waals surface area contributed by atoms with Crippen molar-refractivity contribution in [3.8, 4) is 6.07 Å². The number of pyridine rings is 1. The number of benzene rings is 1. The SMILES string of the molecule is N#Cc1cccnc1N1CCN(C(=O)c2cccc(N3CCCS3(=O)=O)c2)CC1. The fourth-order valence-electron chi connectivity index (χ4n) is 3.76. The Morgan fingerprint density at radius 3 is 2.55 bits per heavy atom. The summed E-state index contributed by atoms with van der Waals surface area (Å²) in [6.45, 7) is 2.62. The molecule has 2 aliphatic heterocycles. The number of hydrogen-bond acceptors (Lipinski definition) is 6. The first-order chi connectivity index (χ1) is 14.0. The summed E-state index contributed by atoms with van der Waals surface area (Å²) in [6.07, 6.45) is 2.26. The van der Waals surface area contributed by atoms with Gasteiger partial charge in [-0.05, 0) is 36.8 Å². The number of piperazine rings is 1. The molecule has 2 fully saturated rings. The largest absolute Gasteiger partial charge is 0.352 e. The van der Waals surface area contributed by atoms with Crippen LogP contribution in [0.1, 0.15) is 22.3 Å². The Kier molecular flexibility index (Phi) is 5.11. The number of carbonyl (C=O) groups excluding carboxylic acids is 1. The topological polar surface area (TPSA) is 97.6 Å². The van der Waals surface area contributed by atoms with Gasteiger partial charge in [-0.1, -0.05) is 6.07 Å². The molecule has 0 aliphatic carbocycles. The van der Waals surface area contributed by atoms with Crippen molar-refractivity contribution >= 4 is 27.4 Å². The Morgan fingerprint density at radius 2 is 1.86 bits per heavy atom. The lowest BCUT2D eigenvalue weighted by atomic mass is 10.1. The van der Waals surface area contributed by atoms with E-state index in [2.05, 4.69) is 11.1 Å². The zero-order chi connectivity index (χ0) is 20.4. The minimum atomic E-state index is -3.28. The molecule has 2 saturated heterocycles. The average Bonchev–Trinajstić information content (AvgIpc) is 3.12. The second-order valence-corrected chi connectivity index (χ2v) is 9.07. The van der Waals surface area contributed by atoms with Gasteiger partial charge in [0, 0.05) is 44.5 Å². The number of rotatable bonds is 3. The average molecular weight is 411 g/mol. The maximum absolute atomic E-state index is 13.0. The maximum atomic E-state index is 13.0. The summed E-state index contributed by atoms with van der Waals surface area (Å²) in [6, 6.07) is 12.4. The fourth-order valence-corrected chi connectivity index (χ4v) is 5.32. The summed E-state index contributed by atoms with van der Waals surface area (Å²) in [5.74, 6) is 0.665. The lowest BCUT2D eigenvalue weighted by Gasteiger charge is -2.35. The molecule has 3 heterocycles. The number of hydrogen-bond donors (Lipinski definition) is 0. The molecular formula is C20H21N5O3S. The lowest BCUT2D eigenvalue weighted by molar-refractivity contribution is 0.0746. The third kappa shape index (κ3) is 3.76. The van der Waals surface area contributed by atoms with Gasteiger partial charge in [0.1, 0.15) is 11.9 Å². The molecular weight excluding hydrogens is 390 g/mol. The van der Waals surface area contributed by atoms with Crippen LogP contribution in [0.5, 0.6) is 0 Å². The van der Waals surface area contributed by atoms with Crippen molar-refractivity contribution in [2.24, 2.45) is 0 Å². The first-order valence-electron chi connectivity index (χ1n) is 9.49. The maximum Gasteiger partial charge on any atom is 0.254 e. The molecule has 1 amide bonds. The van der Waals surface area contributed by atoms with Crippen molar-refractivity contribution in [2.45, 2.75) is 6.42 Å². The third-order valence-electron chi connectivity index (χ3n) is 5.25. The molecule has 2 aromatic rings. The third-order valence-corrected chi connectivity index (χ3v) is 7.12. The van der Waals surface area contributed by atoms with Crippen LogP contribution in [-0.2, 0) is 10.0 Å². The van der Waals surface area contributed by atoms with E-state index in [0.29, 0.717) is 61.8 Å². The van der Waals surface area contributed by atoms with Gasteiger partial charge in [0.2, 0.25) is 10.0 Å². The lowest BCUT2D eigenvalue weighted by Crippen LogP contribution is -2.49. The number of amides is 1. The Hall–Kier alpha value is -3.12. The predicted octanol–water partition coefficient (Wildman–Crippen LogP) is 1.46. The van der Waals surface area contributed by atoms with Crippen molar-refractivity contribution in [1.82, 2.24) is 9.88 Å². The predicted molar refractivity (Wildman–Crippen MR) is 109 cm³/mol. The molecule has 0 atom stereocenters. The second kappa shape index (κ2) is 7.72. The Bertz CT molecular complexity index is 1070. The van der Waals surface area contributed by atoms with E-state index in [9.17, 15) is 18.5 Å². The van der Waals surface area contributed by atoms with E-state index in [4.69, 9.17) is 0 Å². The van der Waals surface area contributed by atoms with Crippen LogP contribution >= 0.6 is 0 Å². The molecule has 0 spiro atoms. The Morgan fingerprint density at radius 1 is 1.07 bits per heavy atom. The number of nitriles is 1.